The molecule has 0 atom stereocenters. The smallest absolute Gasteiger partial charge is 0.266 e. The first-order chi connectivity index (χ1) is 21.9. The molecule has 0 bridgehead atoms. The third-order valence-corrected chi connectivity index (χ3v) is 6.52. The van der Waals surface area contributed by atoms with E-state index in [-0.39, 0.29) is 102 Å². The van der Waals surface area contributed by atoms with Crippen molar-refractivity contribution in [3.05, 3.63) is 69.8 Å². The molecule has 0 unspecified atom stereocenters. The molecule has 45 heavy (non-hydrogen) atoms. The van der Waals surface area contributed by atoms with E-state index in [1.807, 2.05) is 36.4 Å². The van der Waals surface area contributed by atoms with Gasteiger partial charge in [-0.2, -0.15) is 46.5 Å². The maximum absolute atomic E-state index is 9.41. The molecule has 4 aromatic heterocycles. The van der Waals surface area contributed by atoms with Gasteiger partial charge in [0.2, 0.25) is 17.5 Å². The lowest BCUT2D eigenvalue weighted by atomic mass is 10.1. The molecule has 0 fully saturated rings. The summed E-state index contributed by atoms with van der Waals surface area (Å²) in [4.78, 5) is 26.4. The van der Waals surface area contributed by atoms with E-state index in [0.717, 1.165) is 0 Å². The van der Waals surface area contributed by atoms with Crippen LogP contribution in [0.25, 0.3) is 68.4 Å². The van der Waals surface area contributed by atoms with Crippen molar-refractivity contribution in [1.82, 2.24) is 29.9 Å². The molecule has 0 aliphatic rings. The zero-order chi connectivity index (χ0) is 31.2. The summed E-state index contributed by atoms with van der Waals surface area (Å²) in [5, 5.41) is 56.5. The van der Waals surface area contributed by atoms with Crippen LogP contribution in [0.3, 0.4) is 0 Å². The molecule has 7 rings (SSSR count). The molecule has 7 aromatic rings. The van der Waals surface area contributed by atoms with Crippen LogP contribution >= 0.6 is 0 Å². The van der Waals surface area contributed by atoms with Crippen molar-refractivity contribution >= 4 is 33.3 Å². The predicted molar refractivity (Wildman–Crippen MR) is 147 cm³/mol. The number of benzene rings is 3. The molecule has 3 aromatic carbocycles. The van der Waals surface area contributed by atoms with E-state index in [1.165, 1.54) is 36.4 Å². The molecular formula is C30H6N12O3. The SMILES string of the molecule is N#Cc1cc2nc(-c3nc(-c4nc5cc(C#N)c(C#N)cc5o4)nc(-c4nc5cc(C#N)c(C#N)cc5o4)n3)oc2cc1C#N. The third-order valence-electron chi connectivity index (χ3n) is 6.52. The highest BCUT2D eigenvalue weighted by molar-refractivity contribution is 5.82. The van der Waals surface area contributed by atoms with Gasteiger partial charge >= 0.3 is 0 Å². The van der Waals surface area contributed by atoms with Crippen molar-refractivity contribution in [3.63, 3.8) is 0 Å². The molecule has 0 saturated heterocycles. The minimum absolute atomic E-state index is 0.0876. The molecule has 0 N–H and O–H groups in total. The Morgan fingerprint density at radius 1 is 0.356 bits per heavy atom. The number of fused-ring (bicyclic) bond motifs is 3. The molecule has 0 saturated carbocycles. The van der Waals surface area contributed by atoms with Crippen molar-refractivity contribution in [1.29, 1.82) is 31.6 Å². The number of oxazole rings is 3. The zero-order valence-corrected chi connectivity index (χ0v) is 22.1. The van der Waals surface area contributed by atoms with Crippen LogP contribution in [0, 0.1) is 68.0 Å². The first-order valence-electron chi connectivity index (χ1n) is 12.5. The van der Waals surface area contributed by atoms with Crippen LogP contribution in [0.1, 0.15) is 33.4 Å². The van der Waals surface area contributed by atoms with Gasteiger partial charge in [0.05, 0.1) is 33.4 Å². The van der Waals surface area contributed by atoms with E-state index in [1.54, 1.807) is 0 Å². The maximum atomic E-state index is 9.41. The zero-order valence-electron chi connectivity index (χ0n) is 22.1. The number of rotatable bonds is 3. The molecular weight excluding hydrogens is 576 g/mol. The van der Waals surface area contributed by atoms with Crippen molar-refractivity contribution in [2.24, 2.45) is 0 Å². The monoisotopic (exact) mass is 582 g/mol. The van der Waals surface area contributed by atoms with Gasteiger partial charge in [0, 0.05) is 18.2 Å². The van der Waals surface area contributed by atoms with E-state index in [2.05, 4.69) is 29.9 Å². The summed E-state index contributed by atoms with van der Waals surface area (Å²) < 4.78 is 17.5. The van der Waals surface area contributed by atoms with Crippen LogP contribution in [0.15, 0.2) is 49.6 Å². The summed E-state index contributed by atoms with van der Waals surface area (Å²) in [6, 6.07) is 19.9. The minimum Gasteiger partial charge on any atom is -0.433 e. The Kier molecular flexibility index (Phi) is 5.67. The predicted octanol–water partition coefficient (Wildman–Crippen LogP) is 4.53. The molecule has 0 radical (unpaired) electrons. The Morgan fingerprint density at radius 3 is 0.844 bits per heavy atom. The summed E-state index contributed by atoms with van der Waals surface area (Å²) in [6.07, 6.45) is 0. The highest BCUT2D eigenvalue weighted by Crippen LogP contribution is 2.31. The quantitative estimate of drug-likeness (QED) is 0.277. The van der Waals surface area contributed by atoms with Gasteiger partial charge < -0.3 is 13.3 Å². The summed E-state index contributed by atoms with van der Waals surface area (Å²) in [5.41, 5.74) is 1.90. The van der Waals surface area contributed by atoms with Crippen LogP contribution in [-0.4, -0.2) is 29.9 Å². The van der Waals surface area contributed by atoms with Crippen molar-refractivity contribution in [3.8, 4) is 71.6 Å². The van der Waals surface area contributed by atoms with E-state index in [0.29, 0.717) is 0 Å². The Morgan fingerprint density at radius 2 is 0.600 bits per heavy atom. The lowest BCUT2D eigenvalue weighted by molar-refractivity contribution is 0.597. The number of hydrogen-bond donors (Lipinski definition) is 0. The van der Waals surface area contributed by atoms with E-state index >= 15 is 0 Å². The second-order valence-electron chi connectivity index (χ2n) is 9.13. The summed E-state index contributed by atoms with van der Waals surface area (Å²) >= 11 is 0. The Balaban J connectivity index is 1.45. The fourth-order valence-electron chi connectivity index (χ4n) is 4.43. The van der Waals surface area contributed by atoms with Crippen LogP contribution in [0.5, 0.6) is 0 Å². The number of hydrogen-bond acceptors (Lipinski definition) is 15. The fraction of sp³-hybridized carbons (Fsp3) is 0. The molecule has 204 valence electrons. The highest BCUT2D eigenvalue weighted by atomic mass is 16.4. The molecule has 15 nitrogen and oxygen atoms in total. The molecule has 15 heteroatoms. The van der Waals surface area contributed by atoms with Gasteiger partial charge in [-0.1, -0.05) is 0 Å². The standard InChI is InChI=1S/C30H6N12O3/c31-7-13-1-19-22(4-16(13)10-34)43-28(37-19)25-40-26(29-38-20-2-14(8-32)17(11-35)5-23(20)44-29)42-27(41-25)30-39-21-3-15(9-33)18(12-36)6-24(21)45-30/h1-6H. The van der Waals surface area contributed by atoms with Gasteiger partial charge in [0.15, 0.2) is 16.7 Å². The van der Waals surface area contributed by atoms with Crippen molar-refractivity contribution in [2.75, 3.05) is 0 Å². The number of nitriles is 6. The van der Waals surface area contributed by atoms with Crippen LogP contribution in [0.4, 0.5) is 0 Å². The average molecular weight is 582 g/mol. The second kappa shape index (κ2) is 9.83. The first kappa shape index (κ1) is 26.0. The van der Waals surface area contributed by atoms with Gasteiger partial charge in [-0.05, 0) is 18.2 Å². The molecule has 0 aliphatic heterocycles. The fourth-order valence-corrected chi connectivity index (χ4v) is 4.43. The Bertz CT molecular complexity index is 2230. The summed E-state index contributed by atoms with van der Waals surface area (Å²) in [5.74, 6) is -0.717. The number of aromatic nitrogens is 6. The Hall–Kier alpha value is -7.98. The first-order valence-corrected chi connectivity index (χ1v) is 12.5. The topological polar surface area (TPSA) is 259 Å². The normalized spacial score (nSPS) is 10.5. The van der Waals surface area contributed by atoms with Crippen LogP contribution < -0.4 is 0 Å². The van der Waals surface area contributed by atoms with Crippen LogP contribution in [0.2, 0.25) is 0 Å². The van der Waals surface area contributed by atoms with Gasteiger partial charge in [0.25, 0.3) is 17.7 Å². The van der Waals surface area contributed by atoms with E-state index in [9.17, 15) is 31.6 Å². The van der Waals surface area contributed by atoms with Crippen molar-refractivity contribution in [2.45, 2.75) is 0 Å². The summed E-state index contributed by atoms with van der Waals surface area (Å²) in [6.45, 7) is 0. The second-order valence-corrected chi connectivity index (χ2v) is 9.13. The van der Waals surface area contributed by atoms with Gasteiger partial charge in [-0.3, -0.25) is 0 Å². The molecule has 0 aliphatic carbocycles. The van der Waals surface area contributed by atoms with E-state index < -0.39 is 0 Å². The average Bonchev–Trinajstić information content (AvgIpc) is 3.81. The third kappa shape index (κ3) is 4.17. The van der Waals surface area contributed by atoms with Crippen molar-refractivity contribution < 1.29 is 13.3 Å². The van der Waals surface area contributed by atoms with E-state index in [4.69, 9.17) is 13.3 Å². The lowest BCUT2D eigenvalue weighted by Crippen LogP contribution is -2.00. The molecule has 4 heterocycles. The minimum atomic E-state index is -0.126. The molecule has 0 amide bonds. The Labute approximate surface area is 249 Å². The largest absolute Gasteiger partial charge is 0.433 e. The number of nitrogens with zero attached hydrogens (tertiary/aromatic N) is 12. The summed E-state index contributed by atoms with van der Waals surface area (Å²) in [7, 11) is 0. The van der Waals surface area contributed by atoms with Gasteiger partial charge in [-0.15, -0.1) is 0 Å². The maximum Gasteiger partial charge on any atom is 0.266 e. The lowest BCUT2D eigenvalue weighted by Gasteiger charge is -2.01. The highest BCUT2D eigenvalue weighted by Gasteiger charge is 2.23. The van der Waals surface area contributed by atoms with Gasteiger partial charge in [-0.25, -0.2) is 15.0 Å². The van der Waals surface area contributed by atoms with Gasteiger partial charge in [0.1, 0.15) is 53.0 Å². The molecule has 0 spiro atoms. The van der Waals surface area contributed by atoms with Crippen LogP contribution in [-0.2, 0) is 0 Å².